The van der Waals surface area contributed by atoms with Crippen LogP contribution >= 0.6 is 0 Å². The third-order valence-electron chi connectivity index (χ3n) is 5.43. The lowest BCUT2D eigenvalue weighted by Gasteiger charge is -2.51. The number of carbonyl (C=O) groups is 1. The molecule has 1 aromatic rings. The van der Waals surface area contributed by atoms with E-state index < -0.39 is 36.6 Å². The number of benzene rings is 1. The van der Waals surface area contributed by atoms with Crippen molar-refractivity contribution >= 4 is 5.91 Å². The van der Waals surface area contributed by atoms with Crippen LogP contribution in [0.5, 0.6) is 0 Å². The van der Waals surface area contributed by atoms with Crippen molar-refractivity contribution in [2.45, 2.75) is 44.0 Å². The van der Waals surface area contributed by atoms with Crippen molar-refractivity contribution in [3.63, 3.8) is 0 Å². The highest BCUT2D eigenvalue weighted by Gasteiger charge is 2.43. The summed E-state index contributed by atoms with van der Waals surface area (Å²) in [6.07, 6.45) is -0.227. The molecular weight excluding hydrogens is 272 g/mol. The fraction of sp³-hybridized carbons (Fsp3) is 0.632. The average Bonchev–Trinajstić information content (AvgIpc) is 2.61. The van der Waals surface area contributed by atoms with Crippen molar-refractivity contribution in [2.75, 3.05) is 26.1 Å². The maximum atomic E-state index is 13.5. The summed E-state index contributed by atoms with van der Waals surface area (Å²) in [7, 11) is 0. The Morgan fingerprint density at radius 1 is 1.23 bits per heavy atom. The van der Waals surface area contributed by atoms with Crippen molar-refractivity contribution in [1.29, 1.82) is 0 Å². The minimum Gasteiger partial charge on any atom is -0.333 e. The lowest BCUT2D eigenvalue weighted by Crippen LogP contribution is -2.60. The molecule has 4 heterocycles. The summed E-state index contributed by atoms with van der Waals surface area (Å²) in [6, 6.07) is 3.27. The van der Waals surface area contributed by atoms with E-state index in [2.05, 4.69) is 4.90 Å². The van der Waals surface area contributed by atoms with Gasteiger partial charge in [0.15, 0.2) is 0 Å². The summed E-state index contributed by atoms with van der Waals surface area (Å²) in [4.78, 5) is 16.7. The standard InChI is InChI=1S/C19H24N2O/c22-19-16-6-2-4-14-3-1-5-15(18(14)16)11-21(19)17-12-20-9-7-13(17)8-10-20/h2,4,6,13,15,17H,1,3,5,7-12H2/t15-,17-/m1/s1/i3D2,11D2,13D,17D. The van der Waals surface area contributed by atoms with E-state index >= 15 is 0 Å². The van der Waals surface area contributed by atoms with Crippen LogP contribution in [0.4, 0.5) is 0 Å². The lowest BCUT2D eigenvalue weighted by molar-refractivity contribution is 0.00258. The molecule has 3 heteroatoms. The van der Waals surface area contributed by atoms with Gasteiger partial charge < -0.3 is 9.80 Å². The van der Waals surface area contributed by atoms with Gasteiger partial charge in [0.1, 0.15) is 0 Å². The maximum Gasteiger partial charge on any atom is 0.254 e. The Hall–Kier alpha value is -1.35. The van der Waals surface area contributed by atoms with Crippen molar-refractivity contribution in [3.8, 4) is 0 Å². The topological polar surface area (TPSA) is 23.6 Å². The molecule has 0 N–H and O–H groups in total. The van der Waals surface area contributed by atoms with Crippen LogP contribution in [0.15, 0.2) is 18.2 Å². The number of fused-ring (bicyclic) bond motifs is 3. The van der Waals surface area contributed by atoms with Gasteiger partial charge >= 0.3 is 0 Å². The van der Waals surface area contributed by atoms with Crippen molar-refractivity contribution in [3.05, 3.63) is 34.9 Å². The quantitative estimate of drug-likeness (QED) is 0.796. The van der Waals surface area contributed by atoms with Crippen LogP contribution in [-0.2, 0) is 6.37 Å². The normalized spacial score (nSPS) is 51.6. The molecule has 0 radical (unpaired) electrons. The zero-order chi connectivity index (χ0) is 20.1. The van der Waals surface area contributed by atoms with E-state index in [0.29, 0.717) is 42.6 Å². The summed E-state index contributed by atoms with van der Waals surface area (Å²) in [5, 5.41) is 0. The predicted molar refractivity (Wildman–Crippen MR) is 86.1 cm³/mol. The Labute approximate surface area is 140 Å². The molecular formula is C19H24N2O. The number of rotatable bonds is 1. The van der Waals surface area contributed by atoms with Crippen molar-refractivity contribution in [2.24, 2.45) is 5.89 Å². The largest absolute Gasteiger partial charge is 0.333 e. The smallest absolute Gasteiger partial charge is 0.254 e. The molecule has 2 bridgehead atoms. The molecule has 1 aromatic carbocycles. The van der Waals surface area contributed by atoms with Crippen molar-refractivity contribution in [1.82, 2.24) is 9.80 Å². The number of piperidine rings is 3. The molecule has 1 amide bonds. The van der Waals surface area contributed by atoms with Crippen LogP contribution in [0.25, 0.3) is 0 Å². The summed E-state index contributed by atoms with van der Waals surface area (Å²) >= 11 is 0. The first-order valence-electron chi connectivity index (χ1n) is 11.2. The number of hydrogen-bond donors (Lipinski definition) is 0. The highest BCUT2D eigenvalue weighted by atomic mass is 16.2. The molecule has 3 fully saturated rings. The number of hydrogen-bond acceptors (Lipinski definition) is 2. The maximum absolute atomic E-state index is 13.5. The Morgan fingerprint density at radius 2 is 2.09 bits per heavy atom. The number of nitrogens with zero attached hydrogens (tertiary/aromatic N) is 2. The molecule has 0 spiro atoms. The lowest BCUT2D eigenvalue weighted by atomic mass is 9.75. The monoisotopic (exact) mass is 302 g/mol. The molecule has 4 aliphatic heterocycles. The Kier molecular flexibility index (Phi) is 1.86. The second-order valence-electron chi connectivity index (χ2n) is 6.63. The Balaban J connectivity index is 1.71. The molecule has 2 atom stereocenters. The van der Waals surface area contributed by atoms with Crippen LogP contribution in [0.1, 0.15) is 61.3 Å². The first kappa shape index (κ1) is 8.49. The van der Waals surface area contributed by atoms with Gasteiger partial charge in [0.2, 0.25) is 0 Å². The van der Waals surface area contributed by atoms with Gasteiger partial charge in [-0.25, -0.2) is 0 Å². The third-order valence-corrected chi connectivity index (χ3v) is 5.43. The van der Waals surface area contributed by atoms with Crippen LogP contribution in [0.2, 0.25) is 0 Å². The molecule has 0 unspecified atom stereocenters. The van der Waals surface area contributed by atoms with Crippen LogP contribution < -0.4 is 0 Å². The van der Waals surface area contributed by atoms with Crippen molar-refractivity contribution < 1.29 is 13.0 Å². The highest BCUT2D eigenvalue weighted by Crippen LogP contribution is 2.41. The van der Waals surface area contributed by atoms with E-state index in [1.807, 2.05) is 0 Å². The summed E-state index contributed by atoms with van der Waals surface area (Å²) in [5.74, 6) is -2.45. The fourth-order valence-corrected chi connectivity index (χ4v) is 4.26. The molecule has 6 rings (SSSR count). The van der Waals surface area contributed by atoms with Gasteiger partial charge in [-0.3, -0.25) is 4.79 Å². The zero-order valence-electron chi connectivity index (χ0n) is 18.6. The van der Waals surface area contributed by atoms with Gasteiger partial charge in [-0.2, -0.15) is 0 Å². The van der Waals surface area contributed by atoms with Gasteiger partial charge in [0.25, 0.3) is 5.91 Å². The molecule has 3 nitrogen and oxygen atoms in total. The van der Waals surface area contributed by atoms with Crippen LogP contribution in [0.3, 0.4) is 0 Å². The first-order valence-corrected chi connectivity index (χ1v) is 8.22. The second-order valence-corrected chi connectivity index (χ2v) is 6.63. The average molecular weight is 302 g/mol. The SMILES string of the molecule is [2H]C1([2H])CC[C@H]2c3c(cccc31)C(=O)N([C@]1([2H])CN3CCC1([2H])CC3)C2([2H])[2H]. The molecule has 1 aliphatic carbocycles. The predicted octanol–water partition coefficient (Wildman–Crippen LogP) is 2.66. The Morgan fingerprint density at radius 3 is 2.91 bits per heavy atom. The van der Waals surface area contributed by atoms with E-state index in [9.17, 15) is 6.17 Å². The van der Waals surface area contributed by atoms with E-state index in [4.69, 9.17) is 6.85 Å². The van der Waals surface area contributed by atoms with Crippen LogP contribution in [-0.4, -0.2) is 47.9 Å². The van der Waals surface area contributed by atoms with E-state index in [1.54, 1.807) is 18.2 Å². The molecule has 22 heavy (non-hydrogen) atoms. The highest BCUT2D eigenvalue weighted by molar-refractivity contribution is 5.97. The number of amides is 1. The molecule has 3 saturated heterocycles. The Bertz CT molecular complexity index is 866. The summed E-state index contributed by atoms with van der Waals surface area (Å²) in [5.41, 5.74) is 1.16. The van der Waals surface area contributed by atoms with Gasteiger partial charge in [0.05, 0.1) is 4.11 Å². The fourth-order valence-electron chi connectivity index (χ4n) is 4.26. The summed E-state index contributed by atoms with van der Waals surface area (Å²) in [6.45, 7) is -0.533. The molecule has 0 saturated carbocycles. The van der Waals surface area contributed by atoms with E-state index in [1.165, 1.54) is 0 Å². The first-order chi connectivity index (χ1) is 13.0. The van der Waals surface area contributed by atoms with Crippen LogP contribution in [0, 0.1) is 5.89 Å². The molecule has 116 valence electrons. The molecule has 5 aliphatic rings. The number of aryl methyl sites for hydroxylation is 1. The second kappa shape index (κ2) is 4.82. The summed E-state index contributed by atoms with van der Waals surface area (Å²) < 4.78 is 52.6. The zero-order valence-corrected chi connectivity index (χ0v) is 12.6. The third kappa shape index (κ3) is 1.81. The minimum absolute atomic E-state index is 0.179. The van der Waals surface area contributed by atoms with E-state index in [-0.39, 0.29) is 19.4 Å². The van der Waals surface area contributed by atoms with E-state index in [0.717, 1.165) is 4.90 Å². The number of carbonyl (C=O) groups excluding carboxylic acids is 1. The molecule has 0 aromatic heterocycles. The van der Waals surface area contributed by atoms with Gasteiger partial charge in [-0.05, 0) is 68.2 Å². The van der Waals surface area contributed by atoms with Gasteiger partial charge in [-0.15, -0.1) is 0 Å². The van der Waals surface area contributed by atoms with Gasteiger partial charge in [-0.1, -0.05) is 12.1 Å². The van der Waals surface area contributed by atoms with Gasteiger partial charge in [0, 0.05) is 34.7 Å². The minimum atomic E-state index is -2.13.